The Morgan fingerprint density at radius 2 is 2.13 bits per heavy atom. The number of nitrogens with one attached hydrogen (secondary N) is 2. The number of hydrogen-bond donors (Lipinski definition) is 2. The Balaban J connectivity index is 1.93. The lowest BCUT2D eigenvalue weighted by Crippen LogP contribution is -2.15. The third kappa shape index (κ3) is 5.15. The van der Waals surface area contributed by atoms with Crippen molar-refractivity contribution in [1.82, 2.24) is 10.2 Å². The van der Waals surface area contributed by atoms with Crippen molar-refractivity contribution in [2.75, 3.05) is 30.9 Å². The van der Waals surface area contributed by atoms with Gasteiger partial charge < -0.3 is 15.4 Å². The van der Waals surface area contributed by atoms with Crippen molar-refractivity contribution in [2.24, 2.45) is 0 Å². The molecule has 1 aromatic carbocycles. The summed E-state index contributed by atoms with van der Waals surface area (Å²) in [6.45, 7) is 1.35. The van der Waals surface area contributed by atoms with Gasteiger partial charge >= 0.3 is 0 Å². The Bertz CT molecular complexity index is 667. The van der Waals surface area contributed by atoms with Gasteiger partial charge in [0.25, 0.3) is 5.91 Å². The molecule has 0 aliphatic heterocycles. The molecule has 8 heteroatoms. The summed E-state index contributed by atoms with van der Waals surface area (Å²) in [6.07, 6.45) is 0.839. The number of carbonyl (C=O) groups is 1. The fourth-order valence-electron chi connectivity index (χ4n) is 1.75. The van der Waals surface area contributed by atoms with Crippen LogP contribution in [0.15, 0.2) is 30.3 Å². The Labute approximate surface area is 138 Å². The average molecular weight is 339 g/mol. The highest BCUT2D eigenvalue weighted by Gasteiger charge is 2.10. The standard InChI is InChI=1S/C15H16ClFN4O2/c1-23-8-2-7-18-14-6-5-13(20-21-14)15(22)19-10-3-4-12(17)11(16)9-10/h3-6,9H,2,7-8H2,1H3,(H,18,21)(H,19,22). The van der Waals surface area contributed by atoms with E-state index in [1.165, 1.54) is 18.2 Å². The number of anilines is 2. The molecule has 0 saturated heterocycles. The highest BCUT2D eigenvalue weighted by molar-refractivity contribution is 6.31. The molecular weight excluding hydrogens is 323 g/mol. The molecular formula is C15H16ClFN4O2. The summed E-state index contributed by atoms with van der Waals surface area (Å²) < 4.78 is 18.0. The van der Waals surface area contributed by atoms with Crippen LogP contribution in [-0.4, -0.2) is 36.4 Å². The number of hydrogen-bond acceptors (Lipinski definition) is 5. The minimum atomic E-state index is -0.548. The number of benzene rings is 1. The van der Waals surface area contributed by atoms with Gasteiger partial charge in [-0.15, -0.1) is 10.2 Å². The summed E-state index contributed by atoms with van der Waals surface area (Å²) in [7, 11) is 1.64. The van der Waals surface area contributed by atoms with E-state index >= 15 is 0 Å². The van der Waals surface area contributed by atoms with Gasteiger partial charge in [-0.2, -0.15) is 0 Å². The maximum absolute atomic E-state index is 13.1. The first-order valence-electron chi connectivity index (χ1n) is 6.93. The zero-order valence-corrected chi connectivity index (χ0v) is 13.2. The lowest BCUT2D eigenvalue weighted by Gasteiger charge is -2.07. The molecule has 0 atom stereocenters. The van der Waals surface area contributed by atoms with E-state index in [0.29, 0.717) is 24.7 Å². The fourth-order valence-corrected chi connectivity index (χ4v) is 1.93. The monoisotopic (exact) mass is 338 g/mol. The van der Waals surface area contributed by atoms with Gasteiger partial charge in [-0.05, 0) is 36.8 Å². The first-order chi connectivity index (χ1) is 11.1. The number of rotatable bonds is 7. The molecule has 6 nitrogen and oxygen atoms in total. The molecule has 2 N–H and O–H groups in total. The third-order valence-corrected chi connectivity index (χ3v) is 3.20. The number of amides is 1. The lowest BCUT2D eigenvalue weighted by atomic mass is 10.3. The van der Waals surface area contributed by atoms with Gasteiger partial charge in [0.15, 0.2) is 5.69 Å². The maximum Gasteiger partial charge on any atom is 0.276 e. The van der Waals surface area contributed by atoms with E-state index in [0.717, 1.165) is 6.42 Å². The average Bonchev–Trinajstić information content (AvgIpc) is 2.55. The predicted molar refractivity (Wildman–Crippen MR) is 86.4 cm³/mol. The largest absolute Gasteiger partial charge is 0.385 e. The van der Waals surface area contributed by atoms with E-state index < -0.39 is 11.7 Å². The lowest BCUT2D eigenvalue weighted by molar-refractivity contribution is 0.102. The van der Waals surface area contributed by atoms with Crippen molar-refractivity contribution in [3.05, 3.63) is 46.9 Å². The topological polar surface area (TPSA) is 76.1 Å². The quantitative estimate of drug-likeness (QED) is 0.759. The number of halogens is 2. The summed E-state index contributed by atoms with van der Waals surface area (Å²) in [5, 5.41) is 13.3. The van der Waals surface area contributed by atoms with E-state index in [4.69, 9.17) is 16.3 Å². The number of methoxy groups -OCH3 is 1. The van der Waals surface area contributed by atoms with Crippen molar-refractivity contribution < 1.29 is 13.9 Å². The summed E-state index contributed by atoms with van der Waals surface area (Å²) in [6, 6.07) is 7.13. The number of carbonyl (C=O) groups excluding carboxylic acids is 1. The highest BCUT2D eigenvalue weighted by Crippen LogP contribution is 2.19. The first kappa shape index (κ1) is 17.1. The van der Waals surface area contributed by atoms with Gasteiger partial charge in [-0.25, -0.2) is 4.39 Å². The minimum Gasteiger partial charge on any atom is -0.385 e. The molecule has 0 aliphatic carbocycles. The SMILES string of the molecule is COCCCNc1ccc(C(=O)Nc2ccc(F)c(Cl)c2)nn1. The summed E-state index contributed by atoms with van der Waals surface area (Å²) >= 11 is 5.66. The van der Waals surface area contributed by atoms with Crippen LogP contribution in [0, 0.1) is 5.82 Å². The smallest absolute Gasteiger partial charge is 0.276 e. The molecule has 0 saturated carbocycles. The molecule has 0 bridgehead atoms. The van der Waals surface area contributed by atoms with Gasteiger partial charge in [-0.1, -0.05) is 11.6 Å². The Hall–Kier alpha value is -2.25. The number of nitrogens with zero attached hydrogens (tertiary/aromatic N) is 2. The van der Waals surface area contributed by atoms with Gasteiger partial charge in [0.1, 0.15) is 11.6 Å². The van der Waals surface area contributed by atoms with Crippen molar-refractivity contribution in [1.29, 1.82) is 0 Å². The normalized spacial score (nSPS) is 10.4. The van der Waals surface area contributed by atoms with E-state index in [9.17, 15) is 9.18 Å². The minimum absolute atomic E-state index is 0.0653. The van der Waals surface area contributed by atoms with Gasteiger partial charge in [-0.3, -0.25) is 4.79 Å². The van der Waals surface area contributed by atoms with Gasteiger partial charge in [0.2, 0.25) is 0 Å². The summed E-state index contributed by atoms with van der Waals surface area (Å²) in [5.41, 5.74) is 0.526. The summed E-state index contributed by atoms with van der Waals surface area (Å²) in [4.78, 5) is 12.0. The molecule has 0 unspecified atom stereocenters. The third-order valence-electron chi connectivity index (χ3n) is 2.91. The Kier molecular flexibility index (Phi) is 6.25. The van der Waals surface area contributed by atoms with Crippen LogP contribution in [0.2, 0.25) is 5.02 Å². The zero-order chi connectivity index (χ0) is 16.7. The van der Waals surface area contributed by atoms with E-state index in [1.807, 2.05) is 0 Å². The van der Waals surface area contributed by atoms with Gasteiger partial charge in [0.05, 0.1) is 5.02 Å². The molecule has 1 heterocycles. The molecule has 23 heavy (non-hydrogen) atoms. The summed E-state index contributed by atoms with van der Waals surface area (Å²) in [5.74, 6) is -0.429. The molecule has 2 aromatic rings. The van der Waals surface area contributed by atoms with Crippen molar-refractivity contribution in [2.45, 2.75) is 6.42 Å². The first-order valence-corrected chi connectivity index (χ1v) is 7.31. The molecule has 122 valence electrons. The molecule has 2 rings (SSSR count). The second-order valence-electron chi connectivity index (χ2n) is 4.66. The molecule has 0 spiro atoms. The van der Waals surface area contributed by atoms with Crippen LogP contribution in [0.25, 0.3) is 0 Å². The van der Waals surface area contributed by atoms with Crippen LogP contribution < -0.4 is 10.6 Å². The second kappa shape index (κ2) is 8.40. The van der Waals surface area contributed by atoms with Crippen molar-refractivity contribution in [3.8, 4) is 0 Å². The Morgan fingerprint density at radius 1 is 1.30 bits per heavy atom. The fraction of sp³-hybridized carbons (Fsp3) is 0.267. The molecule has 0 aliphatic rings. The maximum atomic E-state index is 13.1. The van der Waals surface area contributed by atoms with Crippen LogP contribution in [0.1, 0.15) is 16.9 Å². The van der Waals surface area contributed by atoms with Gasteiger partial charge in [0, 0.05) is 25.9 Å². The van der Waals surface area contributed by atoms with E-state index in [1.54, 1.807) is 19.2 Å². The van der Waals surface area contributed by atoms with Crippen LogP contribution in [0.4, 0.5) is 15.9 Å². The molecule has 0 fully saturated rings. The highest BCUT2D eigenvalue weighted by atomic mass is 35.5. The molecule has 0 radical (unpaired) electrons. The van der Waals surface area contributed by atoms with Crippen molar-refractivity contribution in [3.63, 3.8) is 0 Å². The van der Waals surface area contributed by atoms with Crippen LogP contribution >= 0.6 is 11.6 Å². The number of ether oxygens (including phenoxy) is 1. The zero-order valence-electron chi connectivity index (χ0n) is 12.5. The van der Waals surface area contributed by atoms with E-state index in [2.05, 4.69) is 20.8 Å². The molecule has 1 aromatic heterocycles. The van der Waals surface area contributed by atoms with Crippen LogP contribution in [-0.2, 0) is 4.74 Å². The predicted octanol–water partition coefficient (Wildman–Crippen LogP) is 2.97. The number of aromatic nitrogens is 2. The van der Waals surface area contributed by atoms with Crippen molar-refractivity contribution >= 4 is 29.0 Å². The van der Waals surface area contributed by atoms with Crippen LogP contribution in [0.5, 0.6) is 0 Å². The van der Waals surface area contributed by atoms with Crippen LogP contribution in [0.3, 0.4) is 0 Å². The Morgan fingerprint density at radius 3 is 2.78 bits per heavy atom. The molecule has 1 amide bonds. The second-order valence-corrected chi connectivity index (χ2v) is 5.07. The van der Waals surface area contributed by atoms with E-state index in [-0.39, 0.29) is 10.7 Å².